The number of aromatic nitrogens is 3. The summed E-state index contributed by atoms with van der Waals surface area (Å²) in [5.74, 6) is 0.227. The molecular weight excluding hydrogens is 500 g/mol. The number of carbonyl (C=O) groups excluding carboxylic acids is 1. The molecule has 38 heavy (non-hydrogen) atoms. The molecule has 1 saturated heterocycles. The number of aromatic amines is 1. The van der Waals surface area contributed by atoms with Gasteiger partial charge in [-0.1, -0.05) is 41.0 Å². The molecule has 2 aromatic heterocycles. The third-order valence-electron chi connectivity index (χ3n) is 7.30. The van der Waals surface area contributed by atoms with Gasteiger partial charge in [-0.2, -0.15) is 0 Å². The maximum Gasteiger partial charge on any atom is 0.289 e. The first kappa shape index (κ1) is 24.3. The van der Waals surface area contributed by atoms with Crippen LogP contribution in [-0.4, -0.2) is 67.8 Å². The van der Waals surface area contributed by atoms with Crippen molar-refractivity contribution in [3.05, 3.63) is 94.5 Å². The second-order valence-corrected chi connectivity index (χ2v) is 10.1. The Morgan fingerprint density at radius 1 is 0.974 bits per heavy atom. The second-order valence-electron chi connectivity index (χ2n) is 9.66. The lowest BCUT2D eigenvalue weighted by Crippen LogP contribution is -2.48. The van der Waals surface area contributed by atoms with Crippen molar-refractivity contribution in [2.75, 3.05) is 26.2 Å². The number of fused-ring (bicyclic) bond motifs is 1. The molecule has 0 saturated carbocycles. The number of piperazine rings is 1. The average molecular weight is 527 g/mol. The smallest absolute Gasteiger partial charge is 0.289 e. The van der Waals surface area contributed by atoms with Gasteiger partial charge in [0.2, 0.25) is 0 Å². The van der Waals surface area contributed by atoms with Gasteiger partial charge in [-0.3, -0.25) is 14.7 Å². The van der Waals surface area contributed by atoms with Gasteiger partial charge >= 0.3 is 0 Å². The van der Waals surface area contributed by atoms with Gasteiger partial charge in [0.25, 0.3) is 5.91 Å². The Hall–Kier alpha value is -4.01. The first-order valence-electron chi connectivity index (χ1n) is 12.7. The predicted octanol–water partition coefficient (Wildman–Crippen LogP) is 4.87. The number of benzene rings is 2. The molecule has 0 atom stereocenters. The summed E-state index contributed by atoms with van der Waals surface area (Å²) in [6, 6.07) is 17.7. The highest BCUT2D eigenvalue weighted by Gasteiger charge is 2.27. The van der Waals surface area contributed by atoms with Crippen LogP contribution in [0.2, 0.25) is 5.02 Å². The van der Waals surface area contributed by atoms with Crippen molar-refractivity contribution >= 4 is 23.2 Å². The number of hydrogen-bond donors (Lipinski definition) is 2. The van der Waals surface area contributed by atoms with E-state index in [2.05, 4.69) is 26.1 Å². The Kier molecular flexibility index (Phi) is 6.66. The highest BCUT2D eigenvalue weighted by atomic mass is 35.5. The third-order valence-corrected chi connectivity index (χ3v) is 7.55. The van der Waals surface area contributed by atoms with Gasteiger partial charge in [0.05, 0.1) is 17.1 Å². The number of nitrogens with one attached hydrogen (secondary N) is 1. The summed E-state index contributed by atoms with van der Waals surface area (Å²) < 4.78 is 0. The molecule has 0 bridgehead atoms. The number of rotatable bonds is 5. The monoisotopic (exact) mass is 526 g/mol. The van der Waals surface area contributed by atoms with Crippen LogP contribution in [0.4, 0.5) is 0 Å². The highest BCUT2D eigenvalue weighted by molar-refractivity contribution is 6.30. The van der Waals surface area contributed by atoms with Crippen LogP contribution in [0.25, 0.3) is 22.5 Å². The SMILES string of the molecule is O=C(c1nc(-c2ccc3c(c2)CC/C3=N\O)c(-c2ccncc2)[nH]1)N1CCN(Cc2ccc(Cl)cc2)CC1. The fourth-order valence-corrected chi connectivity index (χ4v) is 5.36. The lowest BCUT2D eigenvalue weighted by atomic mass is 10.0. The van der Waals surface area contributed by atoms with Crippen LogP contribution in [0, 0.1) is 0 Å². The first-order valence-corrected chi connectivity index (χ1v) is 13.1. The van der Waals surface area contributed by atoms with Gasteiger partial charge in [0, 0.05) is 66.8 Å². The van der Waals surface area contributed by atoms with E-state index >= 15 is 0 Å². The number of oxime groups is 1. The molecule has 2 aliphatic rings. The van der Waals surface area contributed by atoms with Crippen LogP contribution < -0.4 is 0 Å². The predicted molar refractivity (Wildman–Crippen MR) is 147 cm³/mol. The molecule has 0 spiro atoms. The quantitative estimate of drug-likeness (QED) is 0.285. The summed E-state index contributed by atoms with van der Waals surface area (Å²) in [6.07, 6.45) is 4.98. The molecule has 6 rings (SSSR count). The summed E-state index contributed by atoms with van der Waals surface area (Å²) in [4.78, 5) is 30.0. The zero-order valence-corrected chi connectivity index (χ0v) is 21.5. The van der Waals surface area contributed by atoms with Gasteiger partial charge in [-0.25, -0.2) is 4.98 Å². The Labute approximate surface area is 225 Å². The van der Waals surface area contributed by atoms with E-state index in [1.165, 1.54) is 5.56 Å². The minimum absolute atomic E-state index is 0.103. The van der Waals surface area contributed by atoms with E-state index in [0.29, 0.717) is 31.0 Å². The molecule has 3 heterocycles. The van der Waals surface area contributed by atoms with E-state index in [-0.39, 0.29) is 5.91 Å². The van der Waals surface area contributed by atoms with Crippen molar-refractivity contribution < 1.29 is 10.0 Å². The third kappa shape index (κ3) is 4.80. The van der Waals surface area contributed by atoms with E-state index in [1.807, 2.05) is 53.4 Å². The molecule has 1 aliphatic heterocycles. The lowest BCUT2D eigenvalue weighted by molar-refractivity contribution is 0.0617. The van der Waals surface area contributed by atoms with Crippen LogP contribution in [-0.2, 0) is 13.0 Å². The minimum Gasteiger partial charge on any atom is -0.411 e. The fourth-order valence-electron chi connectivity index (χ4n) is 5.24. The second kappa shape index (κ2) is 10.4. The van der Waals surface area contributed by atoms with Crippen LogP contribution in [0.15, 0.2) is 72.1 Å². The van der Waals surface area contributed by atoms with Crippen molar-refractivity contribution in [2.24, 2.45) is 5.16 Å². The van der Waals surface area contributed by atoms with Gasteiger partial charge in [-0.15, -0.1) is 0 Å². The molecule has 1 aliphatic carbocycles. The molecule has 1 amide bonds. The zero-order chi connectivity index (χ0) is 26.1. The number of hydrogen-bond acceptors (Lipinski definition) is 6. The molecule has 2 aromatic carbocycles. The van der Waals surface area contributed by atoms with Crippen LogP contribution in [0.1, 0.15) is 33.7 Å². The molecule has 2 N–H and O–H groups in total. The maximum absolute atomic E-state index is 13.5. The lowest BCUT2D eigenvalue weighted by Gasteiger charge is -2.34. The van der Waals surface area contributed by atoms with Crippen LogP contribution >= 0.6 is 11.6 Å². The number of imidazole rings is 1. The highest BCUT2D eigenvalue weighted by Crippen LogP contribution is 2.33. The molecular formula is C29H27ClN6O2. The zero-order valence-electron chi connectivity index (χ0n) is 20.8. The van der Waals surface area contributed by atoms with Crippen molar-refractivity contribution in [3.63, 3.8) is 0 Å². The van der Waals surface area contributed by atoms with Gasteiger partial charge in [0.15, 0.2) is 5.82 Å². The Morgan fingerprint density at radius 3 is 2.47 bits per heavy atom. The fraction of sp³-hybridized carbons (Fsp3) is 0.241. The average Bonchev–Trinajstić information content (AvgIpc) is 3.59. The molecule has 1 fully saturated rings. The first-order chi connectivity index (χ1) is 18.6. The Balaban J connectivity index is 1.24. The van der Waals surface area contributed by atoms with E-state index in [0.717, 1.165) is 64.7 Å². The number of H-pyrrole nitrogens is 1. The molecule has 4 aromatic rings. The summed E-state index contributed by atoms with van der Waals surface area (Å²) in [5, 5.41) is 13.5. The largest absolute Gasteiger partial charge is 0.411 e. The molecule has 0 unspecified atom stereocenters. The Morgan fingerprint density at radius 2 is 1.74 bits per heavy atom. The number of carbonyl (C=O) groups is 1. The van der Waals surface area contributed by atoms with E-state index in [9.17, 15) is 10.0 Å². The normalized spacial score (nSPS) is 16.7. The molecule has 9 heteroatoms. The minimum atomic E-state index is -0.103. The number of amides is 1. The molecule has 0 radical (unpaired) electrons. The maximum atomic E-state index is 13.5. The van der Waals surface area contributed by atoms with Crippen LogP contribution in [0.3, 0.4) is 0 Å². The summed E-state index contributed by atoms with van der Waals surface area (Å²) in [7, 11) is 0. The number of halogens is 1. The van der Waals surface area contributed by atoms with Crippen molar-refractivity contribution in [1.29, 1.82) is 0 Å². The number of nitrogens with zero attached hydrogens (tertiary/aromatic N) is 5. The molecule has 192 valence electrons. The van der Waals surface area contributed by atoms with Crippen molar-refractivity contribution in [1.82, 2.24) is 24.8 Å². The summed E-state index contributed by atoms with van der Waals surface area (Å²) in [5.41, 5.74) is 7.32. The van der Waals surface area contributed by atoms with Gasteiger partial charge in [-0.05, 0) is 54.3 Å². The number of pyridine rings is 1. The van der Waals surface area contributed by atoms with Gasteiger partial charge < -0.3 is 15.1 Å². The number of aryl methyl sites for hydroxylation is 1. The summed E-state index contributed by atoms with van der Waals surface area (Å²) in [6.45, 7) is 3.68. The topological polar surface area (TPSA) is 97.7 Å². The summed E-state index contributed by atoms with van der Waals surface area (Å²) >= 11 is 6.01. The molecule has 8 nitrogen and oxygen atoms in total. The van der Waals surface area contributed by atoms with E-state index in [1.54, 1.807) is 12.4 Å². The Bertz CT molecular complexity index is 1490. The van der Waals surface area contributed by atoms with Crippen molar-refractivity contribution in [2.45, 2.75) is 19.4 Å². The van der Waals surface area contributed by atoms with E-state index < -0.39 is 0 Å². The van der Waals surface area contributed by atoms with Gasteiger partial charge in [0.1, 0.15) is 0 Å². The van der Waals surface area contributed by atoms with Crippen LogP contribution in [0.5, 0.6) is 0 Å². The van der Waals surface area contributed by atoms with Crippen molar-refractivity contribution in [3.8, 4) is 22.5 Å². The van der Waals surface area contributed by atoms with E-state index in [4.69, 9.17) is 16.6 Å². The standard InChI is InChI=1S/C29H27ClN6O2/c30-23-5-1-19(2-6-23)18-35-13-15-36(16-14-35)29(37)28-32-26(20-9-11-31-12-10-20)27(33-28)22-3-7-24-21(17-22)4-8-25(24)34-38/h1-3,5-7,9-12,17,38H,4,8,13-16,18H2,(H,32,33)/b34-25+.